The van der Waals surface area contributed by atoms with Crippen molar-refractivity contribution in [1.82, 2.24) is 0 Å². The molecule has 0 aromatic heterocycles. The topological polar surface area (TPSA) is 38.4 Å². The molecule has 0 aliphatic carbocycles. The van der Waals surface area contributed by atoms with Crippen LogP contribution in [0.5, 0.6) is 0 Å². The molecule has 0 saturated carbocycles. The van der Waals surface area contributed by atoms with E-state index in [1.165, 1.54) is 11.5 Å². The summed E-state index contributed by atoms with van der Waals surface area (Å²) >= 11 is 1.95. The lowest BCUT2D eigenvalue weighted by molar-refractivity contribution is 0.939. The van der Waals surface area contributed by atoms with Crippen molar-refractivity contribution >= 4 is 17.6 Å². The molecule has 0 fully saturated rings. The third-order valence-electron chi connectivity index (χ3n) is 1.01. The minimum atomic E-state index is 0.696. The van der Waals surface area contributed by atoms with Crippen LogP contribution in [-0.4, -0.2) is 23.9 Å². The third-order valence-corrected chi connectivity index (χ3v) is 2.00. The number of amidine groups is 1. The standard InChI is InChI=1S/C7H16N2S/c1-3-10-6-4-5-9-7(2)8/h3-6H2,1-2H3,(H2,8,9). The van der Waals surface area contributed by atoms with Gasteiger partial charge in [0, 0.05) is 6.54 Å². The lowest BCUT2D eigenvalue weighted by atomic mass is 10.5. The Bertz CT molecular complexity index is 97.8. The summed E-state index contributed by atoms with van der Waals surface area (Å²) in [6.07, 6.45) is 1.15. The van der Waals surface area contributed by atoms with Crippen molar-refractivity contribution in [2.75, 3.05) is 18.1 Å². The first kappa shape index (κ1) is 9.82. The molecule has 10 heavy (non-hydrogen) atoms. The van der Waals surface area contributed by atoms with Gasteiger partial charge in [0.15, 0.2) is 0 Å². The summed E-state index contributed by atoms with van der Waals surface area (Å²) in [4.78, 5) is 4.08. The third kappa shape index (κ3) is 7.82. The molecule has 0 aromatic carbocycles. The van der Waals surface area contributed by atoms with Crippen molar-refractivity contribution in [2.45, 2.75) is 20.3 Å². The molecule has 2 N–H and O–H groups in total. The molecule has 0 radical (unpaired) electrons. The highest BCUT2D eigenvalue weighted by atomic mass is 32.2. The van der Waals surface area contributed by atoms with Crippen LogP contribution in [0, 0.1) is 0 Å². The molecule has 0 unspecified atom stereocenters. The number of hydrogen-bond donors (Lipinski definition) is 1. The van der Waals surface area contributed by atoms with Gasteiger partial charge in [-0.3, -0.25) is 4.99 Å². The molecule has 0 aliphatic rings. The lowest BCUT2D eigenvalue weighted by Gasteiger charge is -1.94. The number of nitrogens with zero attached hydrogens (tertiary/aromatic N) is 1. The zero-order valence-electron chi connectivity index (χ0n) is 6.76. The van der Waals surface area contributed by atoms with Gasteiger partial charge in [0.2, 0.25) is 0 Å². The van der Waals surface area contributed by atoms with Crippen molar-refractivity contribution in [3.05, 3.63) is 0 Å². The maximum atomic E-state index is 5.35. The summed E-state index contributed by atoms with van der Waals surface area (Å²) in [5, 5.41) is 0. The van der Waals surface area contributed by atoms with Crippen LogP contribution < -0.4 is 5.73 Å². The van der Waals surface area contributed by atoms with Crippen molar-refractivity contribution in [1.29, 1.82) is 0 Å². The van der Waals surface area contributed by atoms with Crippen molar-refractivity contribution in [3.8, 4) is 0 Å². The van der Waals surface area contributed by atoms with Crippen molar-refractivity contribution < 1.29 is 0 Å². The van der Waals surface area contributed by atoms with Crippen LogP contribution in [-0.2, 0) is 0 Å². The van der Waals surface area contributed by atoms with E-state index < -0.39 is 0 Å². The van der Waals surface area contributed by atoms with Gasteiger partial charge in [-0.15, -0.1) is 0 Å². The van der Waals surface area contributed by atoms with Gasteiger partial charge >= 0.3 is 0 Å². The average molecular weight is 160 g/mol. The first-order valence-electron chi connectivity index (χ1n) is 3.61. The Kier molecular flexibility index (Phi) is 6.81. The van der Waals surface area contributed by atoms with Gasteiger partial charge < -0.3 is 5.73 Å². The van der Waals surface area contributed by atoms with Crippen LogP contribution >= 0.6 is 11.8 Å². The molecule has 2 nitrogen and oxygen atoms in total. The number of aliphatic imine (C=N–C) groups is 1. The fraction of sp³-hybridized carbons (Fsp3) is 0.857. The molecule has 0 aliphatic heterocycles. The van der Waals surface area contributed by atoms with Crippen LogP contribution in [0.15, 0.2) is 4.99 Å². The second kappa shape index (κ2) is 6.93. The molecule has 0 rings (SSSR count). The van der Waals surface area contributed by atoms with E-state index in [9.17, 15) is 0 Å². The minimum absolute atomic E-state index is 0.696. The molecule has 3 heteroatoms. The normalized spacial score (nSPS) is 12.0. The summed E-state index contributed by atoms with van der Waals surface area (Å²) in [5.41, 5.74) is 5.35. The van der Waals surface area contributed by atoms with Crippen molar-refractivity contribution in [2.24, 2.45) is 10.7 Å². The minimum Gasteiger partial charge on any atom is -0.388 e. The van der Waals surface area contributed by atoms with Crippen LogP contribution in [0.25, 0.3) is 0 Å². The molecule has 0 saturated heterocycles. The van der Waals surface area contributed by atoms with E-state index in [1.807, 2.05) is 18.7 Å². The lowest BCUT2D eigenvalue weighted by Crippen LogP contribution is -2.06. The molecule has 0 heterocycles. The monoisotopic (exact) mass is 160 g/mol. The zero-order valence-corrected chi connectivity index (χ0v) is 7.58. The van der Waals surface area contributed by atoms with Crippen LogP contribution in [0.2, 0.25) is 0 Å². The molecular weight excluding hydrogens is 144 g/mol. The Morgan fingerprint density at radius 3 is 2.80 bits per heavy atom. The summed E-state index contributed by atoms with van der Waals surface area (Å²) in [6.45, 7) is 4.88. The molecule has 0 spiro atoms. The van der Waals surface area contributed by atoms with Crippen LogP contribution in [0.4, 0.5) is 0 Å². The number of hydrogen-bond acceptors (Lipinski definition) is 2. The predicted octanol–water partition coefficient (Wildman–Crippen LogP) is 1.51. The van der Waals surface area contributed by atoms with E-state index >= 15 is 0 Å². The fourth-order valence-electron chi connectivity index (χ4n) is 0.566. The highest BCUT2D eigenvalue weighted by Gasteiger charge is 1.84. The van der Waals surface area contributed by atoms with Gasteiger partial charge in [-0.25, -0.2) is 0 Å². The van der Waals surface area contributed by atoms with E-state index in [1.54, 1.807) is 0 Å². The summed E-state index contributed by atoms with van der Waals surface area (Å²) < 4.78 is 0. The average Bonchev–Trinajstić information content (AvgIpc) is 1.87. The second-order valence-electron chi connectivity index (χ2n) is 2.07. The van der Waals surface area contributed by atoms with E-state index in [0.29, 0.717) is 5.84 Å². The van der Waals surface area contributed by atoms with E-state index in [2.05, 4.69) is 11.9 Å². The number of thioether (sulfide) groups is 1. The van der Waals surface area contributed by atoms with Gasteiger partial charge in [0.1, 0.15) is 0 Å². The van der Waals surface area contributed by atoms with Crippen molar-refractivity contribution in [3.63, 3.8) is 0 Å². The van der Waals surface area contributed by atoms with E-state index in [4.69, 9.17) is 5.73 Å². The smallest absolute Gasteiger partial charge is 0.0905 e. The summed E-state index contributed by atoms with van der Waals surface area (Å²) in [7, 11) is 0. The number of nitrogens with two attached hydrogens (primary N) is 1. The van der Waals surface area contributed by atoms with E-state index in [-0.39, 0.29) is 0 Å². The first-order valence-corrected chi connectivity index (χ1v) is 4.77. The number of rotatable bonds is 5. The Hall–Kier alpha value is -0.180. The predicted molar refractivity (Wildman–Crippen MR) is 49.8 cm³/mol. The zero-order chi connectivity index (χ0) is 7.82. The Labute approximate surface area is 67.3 Å². The first-order chi connectivity index (χ1) is 4.77. The maximum absolute atomic E-state index is 5.35. The maximum Gasteiger partial charge on any atom is 0.0905 e. The highest BCUT2D eigenvalue weighted by Crippen LogP contribution is 2.00. The van der Waals surface area contributed by atoms with Crippen LogP contribution in [0.1, 0.15) is 20.3 Å². The van der Waals surface area contributed by atoms with E-state index in [0.717, 1.165) is 13.0 Å². The SMILES string of the molecule is CCSCCCN=C(C)N. The highest BCUT2D eigenvalue weighted by molar-refractivity contribution is 7.99. The largest absolute Gasteiger partial charge is 0.388 e. The van der Waals surface area contributed by atoms with Gasteiger partial charge in [0.25, 0.3) is 0 Å². The molecule has 0 amide bonds. The van der Waals surface area contributed by atoms with Gasteiger partial charge in [-0.2, -0.15) is 11.8 Å². The van der Waals surface area contributed by atoms with Gasteiger partial charge in [-0.05, 0) is 24.9 Å². The molecule has 0 atom stereocenters. The molecule has 60 valence electrons. The van der Waals surface area contributed by atoms with Gasteiger partial charge in [-0.1, -0.05) is 6.92 Å². The Morgan fingerprint density at radius 1 is 1.60 bits per heavy atom. The van der Waals surface area contributed by atoms with Crippen LogP contribution in [0.3, 0.4) is 0 Å². The molecular formula is C7H16N2S. The fourth-order valence-corrected chi connectivity index (χ4v) is 1.19. The quantitative estimate of drug-likeness (QED) is 0.376. The Morgan fingerprint density at radius 2 is 2.30 bits per heavy atom. The second-order valence-corrected chi connectivity index (χ2v) is 3.47. The summed E-state index contributed by atoms with van der Waals surface area (Å²) in [5.74, 6) is 3.10. The summed E-state index contributed by atoms with van der Waals surface area (Å²) in [6, 6.07) is 0. The molecule has 0 aromatic rings. The van der Waals surface area contributed by atoms with Gasteiger partial charge in [0.05, 0.1) is 5.84 Å². The Balaban J connectivity index is 2.98. The molecule has 0 bridgehead atoms.